The molecule has 3 aromatic rings. The van der Waals surface area contributed by atoms with Crippen LogP contribution in [0.15, 0.2) is 36.4 Å². The number of fused-ring (bicyclic) bond motifs is 2. The molecule has 1 fully saturated rings. The predicted molar refractivity (Wildman–Crippen MR) is 109 cm³/mol. The topological polar surface area (TPSA) is 48.4 Å². The van der Waals surface area contributed by atoms with Crippen LogP contribution in [0, 0.1) is 0 Å². The number of hydrogen-bond acceptors (Lipinski definition) is 4. The van der Waals surface area contributed by atoms with Crippen molar-refractivity contribution >= 4 is 27.5 Å². The van der Waals surface area contributed by atoms with Crippen LogP contribution < -0.4 is 5.32 Å². The second kappa shape index (κ2) is 7.12. The average Bonchev–Trinajstić information content (AvgIpc) is 2.68. The molecule has 0 bridgehead atoms. The summed E-state index contributed by atoms with van der Waals surface area (Å²) in [7, 11) is 0. The molecule has 136 valence electrons. The number of piperidine rings is 1. The zero-order valence-electron chi connectivity index (χ0n) is 15.6. The number of nitrogens with zero attached hydrogens (tertiary/aromatic N) is 2. The second-order valence-corrected chi connectivity index (χ2v) is 7.21. The smallest absolute Gasteiger partial charge is 0.119 e. The number of aryl methyl sites for hydroxylation is 1. The van der Waals surface area contributed by atoms with Crippen molar-refractivity contribution in [2.24, 2.45) is 0 Å². The molecule has 1 aliphatic rings. The van der Waals surface area contributed by atoms with Crippen molar-refractivity contribution in [3.8, 4) is 5.75 Å². The molecule has 0 atom stereocenters. The number of nitrogens with one attached hydrogen (secondary N) is 1. The predicted octanol–water partition coefficient (Wildman–Crippen LogP) is 4.55. The largest absolute Gasteiger partial charge is 0.508 e. The van der Waals surface area contributed by atoms with Gasteiger partial charge in [0.25, 0.3) is 0 Å². The third-order valence-electron chi connectivity index (χ3n) is 5.64. The van der Waals surface area contributed by atoms with Crippen molar-refractivity contribution in [2.45, 2.75) is 39.2 Å². The normalized spacial score (nSPS) is 16.4. The first-order valence-electron chi connectivity index (χ1n) is 9.72. The molecule has 26 heavy (non-hydrogen) atoms. The van der Waals surface area contributed by atoms with Gasteiger partial charge in [-0.1, -0.05) is 32.0 Å². The van der Waals surface area contributed by atoms with E-state index in [1.54, 1.807) is 0 Å². The number of aromatic hydroxyl groups is 1. The molecule has 1 aromatic heterocycles. The first-order valence-corrected chi connectivity index (χ1v) is 9.72. The van der Waals surface area contributed by atoms with Gasteiger partial charge < -0.3 is 15.3 Å². The minimum atomic E-state index is 0.362. The van der Waals surface area contributed by atoms with E-state index in [4.69, 9.17) is 4.98 Å². The second-order valence-electron chi connectivity index (χ2n) is 7.21. The van der Waals surface area contributed by atoms with Crippen LogP contribution in [0.25, 0.3) is 21.8 Å². The molecule has 4 heteroatoms. The van der Waals surface area contributed by atoms with Gasteiger partial charge in [-0.05, 0) is 49.6 Å². The fraction of sp³-hybridized carbons (Fsp3) is 0.409. The Kier molecular flexibility index (Phi) is 4.68. The lowest BCUT2D eigenvalue weighted by Crippen LogP contribution is -2.38. The minimum absolute atomic E-state index is 0.362. The van der Waals surface area contributed by atoms with Crippen LogP contribution in [0.1, 0.15) is 32.3 Å². The van der Waals surface area contributed by atoms with Crippen molar-refractivity contribution in [1.29, 1.82) is 0 Å². The molecule has 2 aromatic carbocycles. The zero-order chi connectivity index (χ0) is 18.1. The number of likely N-dealkylation sites (tertiary alicyclic amines) is 1. The van der Waals surface area contributed by atoms with Crippen LogP contribution in [0.4, 0.5) is 5.69 Å². The van der Waals surface area contributed by atoms with E-state index in [-0.39, 0.29) is 0 Å². The summed E-state index contributed by atoms with van der Waals surface area (Å²) in [5.41, 5.74) is 4.01. The number of rotatable bonds is 4. The van der Waals surface area contributed by atoms with Crippen LogP contribution >= 0.6 is 0 Å². The van der Waals surface area contributed by atoms with Gasteiger partial charge in [-0.25, -0.2) is 4.98 Å². The molecule has 1 aliphatic heterocycles. The molecule has 2 N–H and O–H groups in total. The van der Waals surface area contributed by atoms with Crippen LogP contribution in [0.5, 0.6) is 5.75 Å². The van der Waals surface area contributed by atoms with E-state index in [0.29, 0.717) is 11.8 Å². The Morgan fingerprint density at radius 2 is 1.85 bits per heavy atom. The fourth-order valence-corrected chi connectivity index (χ4v) is 4.01. The van der Waals surface area contributed by atoms with E-state index in [1.165, 1.54) is 0 Å². The Hall–Kier alpha value is -2.33. The van der Waals surface area contributed by atoms with Crippen LogP contribution in [0.2, 0.25) is 0 Å². The van der Waals surface area contributed by atoms with Crippen molar-refractivity contribution in [1.82, 2.24) is 9.88 Å². The summed E-state index contributed by atoms with van der Waals surface area (Å²) in [6.45, 7) is 7.69. The first-order chi connectivity index (χ1) is 12.7. The van der Waals surface area contributed by atoms with Gasteiger partial charge in [-0.2, -0.15) is 0 Å². The van der Waals surface area contributed by atoms with E-state index in [9.17, 15) is 5.11 Å². The molecule has 0 radical (unpaired) electrons. The lowest BCUT2D eigenvalue weighted by atomic mass is 10.0. The van der Waals surface area contributed by atoms with E-state index < -0.39 is 0 Å². The Bertz CT molecular complexity index is 929. The van der Waals surface area contributed by atoms with E-state index in [0.717, 1.165) is 72.0 Å². The molecule has 0 saturated carbocycles. The van der Waals surface area contributed by atoms with Crippen molar-refractivity contribution in [3.05, 3.63) is 42.0 Å². The summed E-state index contributed by atoms with van der Waals surface area (Å²) in [5, 5.41) is 16.4. The number of aromatic nitrogens is 1. The van der Waals surface area contributed by atoms with Gasteiger partial charge in [-0.3, -0.25) is 0 Å². The van der Waals surface area contributed by atoms with E-state index in [1.807, 2.05) is 18.2 Å². The maximum atomic E-state index is 10.4. The summed E-state index contributed by atoms with van der Waals surface area (Å²) < 4.78 is 0. The summed E-state index contributed by atoms with van der Waals surface area (Å²) in [6.07, 6.45) is 3.09. The highest BCUT2D eigenvalue weighted by molar-refractivity contribution is 6.08. The SMILES string of the molecule is CCc1cc2nc3ccccc3c(NC3CCN(CC)CC3)c2cc1O. The fourth-order valence-electron chi connectivity index (χ4n) is 4.01. The molecule has 1 saturated heterocycles. The Morgan fingerprint density at radius 3 is 2.58 bits per heavy atom. The molecular formula is C22H27N3O. The lowest BCUT2D eigenvalue weighted by molar-refractivity contribution is 0.230. The molecule has 0 unspecified atom stereocenters. The van der Waals surface area contributed by atoms with Gasteiger partial charge in [0.15, 0.2) is 0 Å². The summed E-state index contributed by atoms with van der Waals surface area (Å²) in [6, 6.07) is 12.7. The molecule has 4 nitrogen and oxygen atoms in total. The monoisotopic (exact) mass is 349 g/mol. The molecule has 4 rings (SSSR count). The minimum Gasteiger partial charge on any atom is -0.508 e. The number of benzene rings is 2. The molecule has 0 spiro atoms. The lowest BCUT2D eigenvalue weighted by Gasteiger charge is -2.32. The molecule has 0 aliphatic carbocycles. The van der Waals surface area contributed by atoms with Crippen LogP contribution in [0.3, 0.4) is 0 Å². The quantitative estimate of drug-likeness (QED) is 0.678. The van der Waals surface area contributed by atoms with Crippen LogP contribution in [-0.4, -0.2) is 40.7 Å². The molecule has 2 heterocycles. The number of phenols is 1. The van der Waals surface area contributed by atoms with Gasteiger partial charge in [0, 0.05) is 29.9 Å². The maximum absolute atomic E-state index is 10.4. The summed E-state index contributed by atoms with van der Waals surface area (Å²) in [5.74, 6) is 0.362. The van der Waals surface area contributed by atoms with Crippen molar-refractivity contribution in [2.75, 3.05) is 25.0 Å². The Balaban J connectivity index is 1.80. The number of phenolic OH excluding ortho intramolecular Hbond substituents is 1. The Morgan fingerprint density at radius 1 is 1.08 bits per heavy atom. The van der Waals surface area contributed by atoms with E-state index >= 15 is 0 Å². The molecular weight excluding hydrogens is 322 g/mol. The van der Waals surface area contributed by atoms with Gasteiger partial charge in [0.05, 0.1) is 16.7 Å². The van der Waals surface area contributed by atoms with Gasteiger partial charge in [0.2, 0.25) is 0 Å². The molecule has 0 amide bonds. The number of anilines is 1. The highest BCUT2D eigenvalue weighted by Gasteiger charge is 2.20. The van der Waals surface area contributed by atoms with E-state index in [2.05, 4.69) is 42.3 Å². The highest BCUT2D eigenvalue weighted by atomic mass is 16.3. The third-order valence-corrected chi connectivity index (χ3v) is 5.64. The maximum Gasteiger partial charge on any atom is 0.119 e. The van der Waals surface area contributed by atoms with Gasteiger partial charge >= 0.3 is 0 Å². The number of para-hydroxylation sites is 1. The van der Waals surface area contributed by atoms with Crippen molar-refractivity contribution < 1.29 is 5.11 Å². The Labute approximate surface area is 154 Å². The first kappa shape index (κ1) is 17.1. The third kappa shape index (κ3) is 3.10. The average molecular weight is 349 g/mol. The van der Waals surface area contributed by atoms with Crippen molar-refractivity contribution in [3.63, 3.8) is 0 Å². The summed E-state index contributed by atoms with van der Waals surface area (Å²) >= 11 is 0. The standard InChI is InChI=1S/C22H27N3O/c1-3-15-13-20-18(14-21(15)26)22(17-7-5-6-8-19(17)24-20)23-16-9-11-25(4-2)12-10-16/h5-8,13-14,16,26H,3-4,9-12H2,1-2H3,(H,23,24). The summed E-state index contributed by atoms with van der Waals surface area (Å²) in [4.78, 5) is 7.35. The highest BCUT2D eigenvalue weighted by Crippen LogP contribution is 2.35. The van der Waals surface area contributed by atoms with Crippen LogP contribution in [-0.2, 0) is 6.42 Å². The number of hydrogen-bond donors (Lipinski definition) is 2. The van der Waals surface area contributed by atoms with Gasteiger partial charge in [0.1, 0.15) is 5.75 Å². The number of pyridine rings is 1. The zero-order valence-corrected chi connectivity index (χ0v) is 15.6. The van der Waals surface area contributed by atoms with Gasteiger partial charge in [-0.15, -0.1) is 0 Å².